The Bertz CT molecular complexity index is 407. The molecule has 1 amide bonds. The molecule has 0 saturated heterocycles. The zero-order valence-corrected chi connectivity index (χ0v) is 11.3. The molecule has 0 atom stereocenters. The molecule has 0 aliphatic heterocycles. The van der Waals surface area contributed by atoms with E-state index in [2.05, 4.69) is 25.7 Å². The van der Waals surface area contributed by atoms with Gasteiger partial charge < -0.3 is 10.1 Å². The molecule has 1 aromatic carbocycles. The van der Waals surface area contributed by atoms with Gasteiger partial charge in [0, 0.05) is 12.1 Å². The fourth-order valence-electron chi connectivity index (χ4n) is 1.31. The predicted molar refractivity (Wildman–Crippen MR) is 73.9 cm³/mol. The molecule has 0 aromatic heterocycles. The number of amides is 1. The number of rotatable bonds is 6. The van der Waals surface area contributed by atoms with E-state index in [9.17, 15) is 4.79 Å². The Balaban J connectivity index is 2.53. The van der Waals surface area contributed by atoms with Crippen LogP contribution in [0.2, 0.25) is 0 Å². The van der Waals surface area contributed by atoms with Crippen LogP contribution in [-0.4, -0.2) is 19.1 Å². The Morgan fingerprint density at radius 3 is 2.44 bits per heavy atom. The van der Waals surface area contributed by atoms with Crippen LogP contribution in [-0.2, 0) is 0 Å². The van der Waals surface area contributed by atoms with Crippen molar-refractivity contribution in [2.75, 3.05) is 13.2 Å². The summed E-state index contributed by atoms with van der Waals surface area (Å²) in [7, 11) is 0. The summed E-state index contributed by atoms with van der Waals surface area (Å²) in [6.45, 7) is 11.0. The van der Waals surface area contributed by atoms with Crippen LogP contribution in [0.5, 0.6) is 5.75 Å². The summed E-state index contributed by atoms with van der Waals surface area (Å²) >= 11 is 0. The van der Waals surface area contributed by atoms with Gasteiger partial charge in [-0.25, -0.2) is 0 Å². The van der Waals surface area contributed by atoms with Gasteiger partial charge in [0.05, 0.1) is 0 Å². The summed E-state index contributed by atoms with van der Waals surface area (Å²) in [6, 6.07) is 7.13. The number of carbonyl (C=O) groups is 1. The molecule has 18 heavy (non-hydrogen) atoms. The third-order valence-corrected chi connectivity index (χ3v) is 2.27. The maximum atomic E-state index is 11.8. The first-order valence-electron chi connectivity index (χ1n) is 6.14. The third-order valence-electron chi connectivity index (χ3n) is 2.27. The molecule has 0 unspecified atom stereocenters. The highest BCUT2D eigenvalue weighted by molar-refractivity contribution is 5.94. The maximum Gasteiger partial charge on any atom is 0.251 e. The summed E-state index contributed by atoms with van der Waals surface area (Å²) in [6.07, 6.45) is 0. The van der Waals surface area contributed by atoms with Gasteiger partial charge in [0.15, 0.2) is 0 Å². The number of ether oxygens (including phenoxy) is 1. The van der Waals surface area contributed by atoms with Crippen LogP contribution in [0.15, 0.2) is 36.4 Å². The van der Waals surface area contributed by atoms with E-state index in [1.54, 1.807) is 24.3 Å². The average molecular weight is 247 g/mol. The standard InChI is InChI=1S/C15H21NO2/c1-11(2)9-16-15(17)13-5-7-14(8-6-13)18-10-12(3)4/h5-8,11H,3,9-10H2,1-2,4H3,(H,16,17). The average Bonchev–Trinajstić information content (AvgIpc) is 2.34. The molecule has 1 aromatic rings. The first kappa shape index (κ1) is 14.3. The Kier molecular flexibility index (Phi) is 5.43. The second-order valence-corrected chi connectivity index (χ2v) is 4.87. The lowest BCUT2D eigenvalue weighted by Crippen LogP contribution is -2.27. The number of nitrogens with one attached hydrogen (secondary N) is 1. The van der Waals surface area contributed by atoms with Crippen LogP contribution in [0.1, 0.15) is 31.1 Å². The molecule has 1 rings (SSSR count). The van der Waals surface area contributed by atoms with Crippen molar-refractivity contribution in [3.8, 4) is 5.75 Å². The predicted octanol–water partition coefficient (Wildman–Crippen LogP) is 3.03. The molecule has 0 aliphatic rings. The van der Waals surface area contributed by atoms with Gasteiger partial charge in [0.2, 0.25) is 0 Å². The molecular weight excluding hydrogens is 226 g/mol. The smallest absolute Gasteiger partial charge is 0.251 e. The quantitative estimate of drug-likeness (QED) is 0.785. The van der Waals surface area contributed by atoms with Gasteiger partial charge in [-0.15, -0.1) is 0 Å². The van der Waals surface area contributed by atoms with Crippen molar-refractivity contribution in [1.82, 2.24) is 5.32 Å². The summed E-state index contributed by atoms with van der Waals surface area (Å²) in [4.78, 5) is 11.8. The van der Waals surface area contributed by atoms with E-state index in [0.29, 0.717) is 24.6 Å². The number of hydrogen-bond acceptors (Lipinski definition) is 2. The van der Waals surface area contributed by atoms with Crippen LogP contribution < -0.4 is 10.1 Å². The van der Waals surface area contributed by atoms with Crippen molar-refractivity contribution in [1.29, 1.82) is 0 Å². The van der Waals surface area contributed by atoms with Gasteiger partial charge in [-0.1, -0.05) is 20.4 Å². The summed E-state index contributed by atoms with van der Waals surface area (Å²) < 4.78 is 5.47. The minimum Gasteiger partial charge on any atom is -0.489 e. The molecule has 3 nitrogen and oxygen atoms in total. The fraction of sp³-hybridized carbons (Fsp3) is 0.400. The normalized spacial score (nSPS) is 10.2. The molecule has 0 heterocycles. The Labute approximate surface area is 109 Å². The Morgan fingerprint density at radius 2 is 1.94 bits per heavy atom. The first-order valence-corrected chi connectivity index (χ1v) is 6.14. The van der Waals surface area contributed by atoms with Gasteiger partial charge in [-0.05, 0) is 42.7 Å². The van der Waals surface area contributed by atoms with Crippen LogP contribution in [0, 0.1) is 5.92 Å². The van der Waals surface area contributed by atoms with Crippen molar-refractivity contribution in [2.24, 2.45) is 5.92 Å². The zero-order valence-electron chi connectivity index (χ0n) is 11.3. The van der Waals surface area contributed by atoms with Gasteiger partial charge in [0.1, 0.15) is 12.4 Å². The van der Waals surface area contributed by atoms with Gasteiger partial charge >= 0.3 is 0 Å². The van der Waals surface area contributed by atoms with E-state index in [0.717, 1.165) is 11.3 Å². The van der Waals surface area contributed by atoms with Crippen molar-refractivity contribution < 1.29 is 9.53 Å². The van der Waals surface area contributed by atoms with Crippen LogP contribution in [0.3, 0.4) is 0 Å². The number of benzene rings is 1. The highest BCUT2D eigenvalue weighted by atomic mass is 16.5. The van der Waals surface area contributed by atoms with Crippen molar-refractivity contribution in [2.45, 2.75) is 20.8 Å². The van der Waals surface area contributed by atoms with Crippen LogP contribution in [0.4, 0.5) is 0 Å². The van der Waals surface area contributed by atoms with E-state index in [-0.39, 0.29) is 5.91 Å². The van der Waals surface area contributed by atoms with Gasteiger partial charge in [-0.2, -0.15) is 0 Å². The Hall–Kier alpha value is -1.77. The maximum absolute atomic E-state index is 11.8. The largest absolute Gasteiger partial charge is 0.489 e. The molecule has 1 N–H and O–H groups in total. The minimum absolute atomic E-state index is 0.0462. The second-order valence-electron chi connectivity index (χ2n) is 4.87. The number of hydrogen-bond donors (Lipinski definition) is 1. The topological polar surface area (TPSA) is 38.3 Å². The SMILES string of the molecule is C=C(C)COc1ccc(C(=O)NCC(C)C)cc1. The van der Waals surface area contributed by atoms with Crippen LogP contribution in [0.25, 0.3) is 0 Å². The van der Waals surface area contributed by atoms with Crippen molar-refractivity contribution in [3.05, 3.63) is 42.0 Å². The second kappa shape index (κ2) is 6.84. The minimum atomic E-state index is -0.0462. The lowest BCUT2D eigenvalue weighted by molar-refractivity contribution is 0.0949. The Morgan fingerprint density at radius 1 is 1.33 bits per heavy atom. The van der Waals surface area contributed by atoms with E-state index in [1.807, 2.05) is 6.92 Å². The van der Waals surface area contributed by atoms with E-state index in [1.165, 1.54) is 0 Å². The van der Waals surface area contributed by atoms with Gasteiger partial charge in [-0.3, -0.25) is 4.79 Å². The van der Waals surface area contributed by atoms with E-state index < -0.39 is 0 Å². The monoisotopic (exact) mass is 247 g/mol. The lowest BCUT2D eigenvalue weighted by atomic mass is 10.2. The highest BCUT2D eigenvalue weighted by Crippen LogP contribution is 2.13. The van der Waals surface area contributed by atoms with E-state index >= 15 is 0 Å². The summed E-state index contributed by atoms with van der Waals surface area (Å²) in [5.41, 5.74) is 1.62. The number of carbonyl (C=O) groups excluding carboxylic acids is 1. The molecule has 0 radical (unpaired) electrons. The summed E-state index contributed by atoms with van der Waals surface area (Å²) in [5, 5.41) is 2.87. The van der Waals surface area contributed by atoms with E-state index in [4.69, 9.17) is 4.74 Å². The summed E-state index contributed by atoms with van der Waals surface area (Å²) in [5.74, 6) is 1.15. The van der Waals surface area contributed by atoms with Crippen molar-refractivity contribution >= 4 is 5.91 Å². The zero-order chi connectivity index (χ0) is 13.5. The molecular formula is C15H21NO2. The van der Waals surface area contributed by atoms with Crippen molar-refractivity contribution in [3.63, 3.8) is 0 Å². The lowest BCUT2D eigenvalue weighted by Gasteiger charge is -2.09. The fourth-order valence-corrected chi connectivity index (χ4v) is 1.31. The highest BCUT2D eigenvalue weighted by Gasteiger charge is 2.05. The van der Waals surface area contributed by atoms with Gasteiger partial charge in [0.25, 0.3) is 5.91 Å². The van der Waals surface area contributed by atoms with Crippen LogP contribution >= 0.6 is 0 Å². The molecule has 98 valence electrons. The third kappa shape index (κ3) is 5.04. The molecule has 3 heteroatoms. The molecule has 0 saturated carbocycles. The molecule has 0 spiro atoms. The first-order chi connectivity index (χ1) is 8.49. The molecule has 0 bridgehead atoms. The molecule has 0 aliphatic carbocycles. The molecule has 0 fully saturated rings.